The van der Waals surface area contributed by atoms with Gasteiger partial charge in [0.25, 0.3) is 15.9 Å². The molecule has 5 nitrogen and oxygen atoms in total. The summed E-state index contributed by atoms with van der Waals surface area (Å²) in [6.07, 6.45) is 0. The molecule has 29 heavy (non-hydrogen) atoms. The molecule has 0 aliphatic rings. The number of amides is 1. The van der Waals surface area contributed by atoms with Gasteiger partial charge in [0.1, 0.15) is 0 Å². The molecule has 0 aliphatic carbocycles. The minimum atomic E-state index is -3.66. The van der Waals surface area contributed by atoms with Crippen LogP contribution in [0.4, 0.5) is 11.4 Å². The summed E-state index contributed by atoms with van der Waals surface area (Å²) in [4.78, 5) is 12.8. The molecule has 3 aromatic carbocycles. The maximum absolute atomic E-state index is 12.9. The van der Waals surface area contributed by atoms with E-state index in [2.05, 4.69) is 5.32 Å². The molecule has 0 bridgehead atoms. The molecular weight excluding hydrogens is 384 g/mol. The number of sulfonamides is 1. The lowest BCUT2D eigenvalue weighted by atomic mass is 10.1. The molecule has 3 rings (SSSR count). The van der Waals surface area contributed by atoms with Crippen molar-refractivity contribution >= 4 is 27.3 Å². The van der Waals surface area contributed by atoms with Crippen LogP contribution in [-0.4, -0.2) is 20.9 Å². The van der Waals surface area contributed by atoms with E-state index in [-0.39, 0.29) is 17.3 Å². The molecule has 0 aliphatic heterocycles. The van der Waals surface area contributed by atoms with E-state index in [1.54, 1.807) is 61.5 Å². The summed E-state index contributed by atoms with van der Waals surface area (Å²) in [6.45, 7) is 6.07. The maximum atomic E-state index is 12.9. The first-order chi connectivity index (χ1) is 13.8. The third kappa shape index (κ3) is 4.49. The first kappa shape index (κ1) is 20.6. The van der Waals surface area contributed by atoms with Crippen LogP contribution in [0.5, 0.6) is 0 Å². The fraction of sp³-hybridized carbons (Fsp3) is 0.174. The number of hydrogen-bond acceptors (Lipinski definition) is 3. The Morgan fingerprint density at radius 3 is 2.14 bits per heavy atom. The van der Waals surface area contributed by atoms with Crippen molar-refractivity contribution in [1.82, 2.24) is 0 Å². The van der Waals surface area contributed by atoms with Gasteiger partial charge >= 0.3 is 0 Å². The standard InChI is InChI=1S/C23H24N2O3S/c1-4-25(29(27,28)22-8-6-5-7-9-22)21-14-11-19(12-15-21)23(26)24-20-13-10-17(2)18(3)16-20/h5-16H,4H2,1-3H3,(H,24,26). The lowest BCUT2D eigenvalue weighted by Gasteiger charge is -2.23. The van der Waals surface area contributed by atoms with Crippen molar-refractivity contribution in [3.8, 4) is 0 Å². The van der Waals surface area contributed by atoms with E-state index in [9.17, 15) is 13.2 Å². The van der Waals surface area contributed by atoms with Crippen LogP contribution < -0.4 is 9.62 Å². The highest BCUT2D eigenvalue weighted by Gasteiger charge is 2.23. The molecule has 0 saturated heterocycles. The van der Waals surface area contributed by atoms with Crippen LogP contribution in [0.3, 0.4) is 0 Å². The van der Waals surface area contributed by atoms with E-state index < -0.39 is 10.0 Å². The summed E-state index contributed by atoms with van der Waals surface area (Å²) >= 11 is 0. The number of carbonyl (C=O) groups excluding carboxylic acids is 1. The molecule has 0 saturated carbocycles. The topological polar surface area (TPSA) is 66.5 Å². The number of hydrogen-bond donors (Lipinski definition) is 1. The Labute approximate surface area is 172 Å². The Bertz CT molecular complexity index is 1110. The van der Waals surface area contributed by atoms with E-state index in [0.29, 0.717) is 11.3 Å². The van der Waals surface area contributed by atoms with Crippen LogP contribution in [-0.2, 0) is 10.0 Å². The minimum absolute atomic E-state index is 0.235. The predicted molar refractivity (Wildman–Crippen MR) is 117 cm³/mol. The Hall–Kier alpha value is -3.12. The van der Waals surface area contributed by atoms with Crippen LogP contribution in [0, 0.1) is 13.8 Å². The van der Waals surface area contributed by atoms with Gasteiger partial charge in [0.05, 0.1) is 10.6 Å². The molecule has 0 heterocycles. The number of nitrogens with one attached hydrogen (secondary N) is 1. The number of rotatable bonds is 6. The van der Waals surface area contributed by atoms with Crippen LogP contribution in [0.1, 0.15) is 28.4 Å². The highest BCUT2D eigenvalue weighted by molar-refractivity contribution is 7.92. The average Bonchev–Trinajstić information content (AvgIpc) is 2.72. The van der Waals surface area contributed by atoms with Gasteiger partial charge in [0.2, 0.25) is 0 Å². The summed E-state index contributed by atoms with van der Waals surface area (Å²) in [5.41, 5.74) is 3.96. The van der Waals surface area contributed by atoms with E-state index in [0.717, 1.165) is 16.8 Å². The minimum Gasteiger partial charge on any atom is -0.322 e. The Morgan fingerprint density at radius 1 is 0.897 bits per heavy atom. The molecule has 0 fully saturated rings. The highest BCUT2D eigenvalue weighted by Crippen LogP contribution is 2.24. The van der Waals surface area contributed by atoms with Gasteiger partial charge in [0, 0.05) is 17.8 Å². The number of nitrogens with zero attached hydrogens (tertiary/aromatic N) is 1. The van der Waals surface area contributed by atoms with Crippen molar-refractivity contribution in [2.45, 2.75) is 25.7 Å². The van der Waals surface area contributed by atoms with Crippen LogP contribution in [0.2, 0.25) is 0 Å². The third-order valence-corrected chi connectivity index (χ3v) is 6.72. The van der Waals surface area contributed by atoms with Gasteiger partial charge in [-0.3, -0.25) is 9.10 Å². The van der Waals surface area contributed by atoms with Gasteiger partial charge in [-0.25, -0.2) is 8.42 Å². The van der Waals surface area contributed by atoms with E-state index >= 15 is 0 Å². The van der Waals surface area contributed by atoms with Gasteiger partial charge < -0.3 is 5.32 Å². The Balaban J connectivity index is 1.81. The molecule has 0 unspecified atom stereocenters. The second kappa shape index (κ2) is 8.49. The number of anilines is 2. The Morgan fingerprint density at radius 2 is 1.55 bits per heavy atom. The van der Waals surface area contributed by atoms with Crippen molar-refractivity contribution in [2.75, 3.05) is 16.2 Å². The molecule has 1 amide bonds. The molecule has 1 N–H and O–H groups in total. The largest absolute Gasteiger partial charge is 0.322 e. The molecule has 0 radical (unpaired) electrons. The lowest BCUT2D eigenvalue weighted by molar-refractivity contribution is 0.102. The van der Waals surface area contributed by atoms with E-state index in [1.807, 2.05) is 32.0 Å². The van der Waals surface area contributed by atoms with Crippen LogP contribution >= 0.6 is 0 Å². The lowest BCUT2D eigenvalue weighted by Crippen LogP contribution is -2.30. The normalized spacial score (nSPS) is 11.1. The highest BCUT2D eigenvalue weighted by atomic mass is 32.2. The molecular formula is C23H24N2O3S. The van der Waals surface area contributed by atoms with Crippen molar-refractivity contribution in [3.63, 3.8) is 0 Å². The van der Waals surface area contributed by atoms with Gasteiger partial charge in [-0.05, 0) is 80.4 Å². The number of aryl methyl sites for hydroxylation is 2. The smallest absolute Gasteiger partial charge is 0.264 e. The van der Waals surface area contributed by atoms with Crippen LogP contribution in [0.25, 0.3) is 0 Å². The average molecular weight is 409 g/mol. The van der Waals surface area contributed by atoms with Crippen molar-refractivity contribution in [2.24, 2.45) is 0 Å². The summed E-state index contributed by atoms with van der Waals surface area (Å²) < 4.78 is 27.2. The quantitative estimate of drug-likeness (QED) is 0.639. The van der Waals surface area contributed by atoms with E-state index in [4.69, 9.17) is 0 Å². The first-order valence-electron chi connectivity index (χ1n) is 9.39. The number of benzene rings is 3. The number of carbonyl (C=O) groups is 1. The summed E-state index contributed by atoms with van der Waals surface area (Å²) in [6, 6.07) is 20.6. The second-order valence-corrected chi connectivity index (χ2v) is 8.65. The summed E-state index contributed by atoms with van der Waals surface area (Å²) in [5.74, 6) is -0.242. The zero-order valence-corrected chi connectivity index (χ0v) is 17.5. The fourth-order valence-corrected chi connectivity index (χ4v) is 4.51. The first-order valence-corrected chi connectivity index (χ1v) is 10.8. The summed E-state index contributed by atoms with van der Waals surface area (Å²) in [7, 11) is -3.66. The SMILES string of the molecule is CCN(c1ccc(C(=O)Nc2ccc(C)c(C)c2)cc1)S(=O)(=O)c1ccccc1. The fourth-order valence-electron chi connectivity index (χ4n) is 3.01. The van der Waals surface area contributed by atoms with Crippen molar-refractivity contribution < 1.29 is 13.2 Å². The molecule has 0 spiro atoms. The zero-order valence-electron chi connectivity index (χ0n) is 16.7. The van der Waals surface area contributed by atoms with Crippen molar-refractivity contribution in [1.29, 1.82) is 0 Å². The zero-order chi connectivity index (χ0) is 21.0. The van der Waals surface area contributed by atoms with E-state index in [1.165, 1.54) is 4.31 Å². The molecule has 150 valence electrons. The third-order valence-electron chi connectivity index (χ3n) is 4.80. The van der Waals surface area contributed by atoms with Gasteiger partial charge in [-0.15, -0.1) is 0 Å². The van der Waals surface area contributed by atoms with Crippen LogP contribution in [0.15, 0.2) is 77.7 Å². The summed E-state index contributed by atoms with van der Waals surface area (Å²) in [5, 5.41) is 2.87. The monoisotopic (exact) mass is 408 g/mol. The Kier molecular flexibility index (Phi) is 6.03. The molecule has 0 aromatic heterocycles. The molecule has 0 atom stereocenters. The maximum Gasteiger partial charge on any atom is 0.264 e. The second-order valence-electron chi connectivity index (χ2n) is 6.78. The van der Waals surface area contributed by atoms with Gasteiger partial charge in [-0.2, -0.15) is 0 Å². The molecule has 3 aromatic rings. The predicted octanol–water partition coefficient (Wildman–Crippen LogP) is 4.77. The van der Waals surface area contributed by atoms with Gasteiger partial charge in [0.15, 0.2) is 0 Å². The van der Waals surface area contributed by atoms with Crippen molar-refractivity contribution in [3.05, 3.63) is 89.5 Å². The van der Waals surface area contributed by atoms with Gasteiger partial charge in [-0.1, -0.05) is 24.3 Å². The molecule has 6 heteroatoms.